The summed E-state index contributed by atoms with van der Waals surface area (Å²) in [7, 11) is 0. The Labute approximate surface area is 167 Å². The summed E-state index contributed by atoms with van der Waals surface area (Å²) < 4.78 is 5.97. The van der Waals surface area contributed by atoms with E-state index in [-0.39, 0.29) is 5.92 Å². The first-order chi connectivity index (χ1) is 13.9. The van der Waals surface area contributed by atoms with Gasteiger partial charge in [0.2, 0.25) is 0 Å². The van der Waals surface area contributed by atoms with Crippen LogP contribution in [0.5, 0.6) is 0 Å². The van der Waals surface area contributed by atoms with Crippen molar-refractivity contribution in [3.8, 4) is 0 Å². The molecule has 28 heavy (non-hydrogen) atoms. The first-order valence-electron chi connectivity index (χ1n) is 10.5. The largest absolute Gasteiger partial charge is 0.469 e. The minimum absolute atomic E-state index is 0.257. The number of furan rings is 1. The monoisotopic (exact) mass is 372 g/mol. The minimum Gasteiger partial charge on any atom is -0.469 e. The summed E-state index contributed by atoms with van der Waals surface area (Å²) in [5.74, 6) is 2.07. The van der Waals surface area contributed by atoms with Crippen LogP contribution in [-0.4, -0.2) is 30.1 Å². The molecule has 2 aromatic carbocycles. The Morgan fingerprint density at radius 3 is 2.29 bits per heavy atom. The average Bonchev–Trinajstić information content (AvgIpc) is 3.30. The van der Waals surface area contributed by atoms with Gasteiger partial charge >= 0.3 is 0 Å². The summed E-state index contributed by atoms with van der Waals surface area (Å²) in [6.45, 7) is 3.32. The van der Waals surface area contributed by atoms with Gasteiger partial charge in [0, 0.05) is 18.6 Å². The van der Waals surface area contributed by atoms with Gasteiger partial charge in [-0.25, -0.2) is 0 Å². The molecule has 0 amide bonds. The van der Waals surface area contributed by atoms with E-state index in [1.54, 1.807) is 0 Å². The predicted molar refractivity (Wildman–Crippen MR) is 112 cm³/mol. The fourth-order valence-corrected chi connectivity index (χ4v) is 5.28. The van der Waals surface area contributed by atoms with Crippen LogP contribution < -0.4 is 5.32 Å². The summed E-state index contributed by atoms with van der Waals surface area (Å²) in [6, 6.07) is 26.7. The number of benzene rings is 2. The SMILES string of the molecule is c1ccc(CN[C@@H]2C3CCN(CC3)[C@H]2C(c2ccccc2)c2ccco2)cc1. The fraction of sp³-hybridized carbons (Fsp3) is 0.360. The number of hydrogen-bond donors (Lipinski definition) is 1. The van der Waals surface area contributed by atoms with Crippen molar-refractivity contribution in [1.29, 1.82) is 0 Å². The number of nitrogens with zero attached hydrogens (tertiary/aromatic N) is 1. The first kappa shape index (κ1) is 17.7. The van der Waals surface area contributed by atoms with Gasteiger partial charge in [-0.15, -0.1) is 0 Å². The molecule has 4 heterocycles. The summed E-state index contributed by atoms with van der Waals surface area (Å²) in [6.07, 6.45) is 4.40. The van der Waals surface area contributed by atoms with Crippen LogP contribution in [0.1, 0.15) is 35.6 Å². The summed E-state index contributed by atoms with van der Waals surface area (Å²) in [5.41, 5.74) is 2.70. The first-order valence-corrected chi connectivity index (χ1v) is 10.5. The van der Waals surface area contributed by atoms with E-state index in [1.807, 2.05) is 12.3 Å². The maximum absolute atomic E-state index is 5.97. The zero-order valence-electron chi connectivity index (χ0n) is 16.2. The van der Waals surface area contributed by atoms with Gasteiger partial charge in [0.1, 0.15) is 5.76 Å². The van der Waals surface area contributed by atoms with Crippen LogP contribution in [0.3, 0.4) is 0 Å². The molecule has 6 rings (SSSR count). The van der Waals surface area contributed by atoms with Crippen molar-refractivity contribution in [2.75, 3.05) is 13.1 Å². The van der Waals surface area contributed by atoms with Crippen LogP contribution in [0.25, 0.3) is 0 Å². The van der Waals surface area contributed by atoms with Crippen molar-refractivity contribution in [1.82, 2.24) is 10.2 Å². The van der Waals surface area contributed by atoms with Gasteiger partial charge in [0.05, 0.1) is 12.2 Å². The third kappa shape index (κ3) is 3.41. The van der Waals surface area contributed by atoms with Crippen LogP contribution >= 0.6 is 0 Å². The number of hydrogen-bond acceptors (Lipinski definition) is 3. The third-order valence-electron chi connectivity index (χ3n) is 6.61. The summed E-state index contributed by atoms with van der Waals surface area (Å²) >= 11 is 0. The van der Waals surface area contributed by atoms with E-state index in [4.69, 9.17) is 4.42 Å². The third-order valence-corrected chi connectivity index (χ3v) is 6.61. The van der Waals surface area contributed by atoms with Gasteiger partial charge in [-0.2, -0.15) is 0 Å². The van der Waals surface area contributed by atoms with E-state index in [2.05, 4.69) is 76.9 Å². The highest BCUT2D eigenvalue weighted by atomic mass is 16.3. The van der Waals surface area contributed by atoms with Crippen LogP contribution in [0, 0.1) is 5.92 Å². The van der Waals surface area contributed by atoms with Crippen molar-refractivity contribution in [3.63, 3.8) is 0 Å². The van der Waals surface area contributed by atoms with Gasteiger partial charge in [0.15, 0.2) is 0 Å². The van der Waals surface area contributed by atoms with Crippen LogP contribution in [0.15, 0.2) is 83.5 Å². The molecule has 3 saturated heterocycles. The van der Waals surface area contributed by atoms with Gasteiger partial charge in [-0.3, -0.25) is 4.90 Å². The molecule has 1 unspecified atom stereocenters. The lowest BCUT2D eigenvalue weighted by atomic mass is 9.71. The van der Waals surface area contributed by atoms with E-state index in [9.17, 15) is 0 Å². The smallest absolute Gasteiger partial charge is 0.112 e. The molecular weight excluding hydrogens is 344 g/mol. The molecule has 3 atom stereocenters. The fourth-order valence-electron chi connectivity index (χ4n) is 5.28. The molecule has 2 bridgehead atoms. The van der Waals surface area contributed by atoms with Gasteiger partial charge < -0.3 is 9.73 Å². The highest BCUT2D eigenvalue weighted by Crippen LogP contribution is 2.42. The molecule has 3 aromatic rings. The molecule has 0 radical (unpaired) electrons. The standard InChI is InChI=1S/C25H28N2O/c1-3-8-19(9-4-1)18-26-24-21-13-15-27(16-14-21)25(24)23(22-12-7-17-28-22)20-10-5-2-6-11-20/h1-12,17,21,23-26H,13-16,18H2/t23?,24-,25+/m1/s1. The molecule has 0 saturated carbocycles. The van der Waals surface area contributed by atoms with E-state index in [0.29, 0.717) is 12.1 Å². The quantitative estimate of drug-likeness (QED) is 0.682. The topological polar surface area (TPSA) is 28.4 Å². The zero-order chi connectivity index (χ0) is 18.8. The molecule has 1 N–H and O–H groups in total. The molecule has 3 aliphatic heterocycles. The molecule has 3 aliphatic rings. The molecular formula is C25H28N2O. The van der Waals surface area contributed by atoms with Gasteiger partial charge in [0.25, 0.3) is 0 Å². The van der Waals surface area contributed by atoms with Crippen LogP contribution in [-0.2, 0) is 6.54 Å². The van der Waals surface area contributed by atoms with Crippen molar-refractivity contribution in [2.24, 2.45) is 5.92 Å². The Morgan fingerprint density at radius 2 is 1.61 bits per heavy atom. The van der Waals surface area contributed by atoms with Crippen molar-refractivity contribution < 1.29 is 4.42 Å². The normalized spacial score (nSPS) is 27.6. The Kier molecular flexibility index (Phi) is 5.03. The Balaban J connectivity index is 1.48. The molecule has 3 heteroatoms. The van der Waals surface area contributed by atoms with Crippen LogP contribution in [0.2, 0.25) is 0 Å². The average molecular weight is 373 g/mol. The van der Waals surface area contributed by atoms with Gasteiger partial charge in [-0.1, -0.05) is 60.7 Å². The van der Waals surface area contributed by atoms with Crippen molar-refractivity contribution in [2.45, 2.75) is 37.4 Å². The molecule has 3 fully saturated rings. The molecule has 3 nitrogen and oxygen atoms in total. The molecule has 144 valence electrons. The lowest BCUT2D eigenvalue weighted by molar-refractivity contribution is 0.00195. The lowest BCUT2D eigenvalue weighted by Crippen LogP contribution is -2.64. The van der Waals surface area contributed by atoms with E-state index < -0.39 is 0 Å². The molecule has 1 aromatic heterocycles. The summed E-state index contributed by atoms with van der Waals surface area (Å²) in [4.78, 5) is 2.70. The van der Waals surface area contributed by atoms with E-state index in [0.717, 1.165) is 18.2 Å². The number of nitrogens with one attached hydrogen (secondary N) is 1. The Morgan fingerprint density at radius 1 is 0.893 bits per heavy atom. The highest BCUT2D eigenvalue weighted by Gasteiger charge is 2.46. The van der Waals surface area contributed by atoms with Gasteiger partial charge in [-0.05, 0) is 55.1 Å². The number of rotatable bonds is 6. The molecule has 0 aliphatic carbocycles. The molecule has 0 spiro atoms. The Bertz CT molecular complexity index is 854. The van der Waals surface area contributed by atoms with Crippen molar-refractivity contribution in [3.05, 3.63) is 95.9 Å². The van der Waals surface area contributed by atoms with Crippen molar-refractivity contribution >= 4 is 0 Å². The second kappa shape index (κ2) is 7.94. The zero-order valence-corrected chi connectivity index (χ0v) is 16.2. The second-order valence-electron chi connectivity index (χ2n) is 8.16. The summed E-state index contributed by atoms with van der Waals surface area (Å²) in [5, 5.41) is 3.95. The van der Waals surface area contributed by atoms with E-state index >= 15 is 0 Å². The highest BCUT2D eigenvalue weighted by molar-refractivity contribution is 5.31. The minimum atomic E-state index is 0.257. The number of piperidine rings is 3. The second-order valence-corrected chi connectivity index (χ2v) is 8.16. The lowest BCUT2D eigenvalue weighted by Gasteiger charge is -2.53. The maximum atomic E-state index is 5.97. The number of fused-ring (bicyclic) bond motifs is 3. The Hall–Kier alpha value is -2.36. The maximum Gasteiger partial charge on any atom is 0.112 e. The predicted octanol–water partition coefficient (Wildman–Crippen LogP) is 4.66. The van der Waals surface area contributed by atoms with Crippen LogP contribution in [0.4, 0.5) is 0 Å². The van der Waals surface area contributed by atoms with E-state index in [1.165, 1.54) is 37.1 Å².